The van der Waals surface area contributed by atoms with Gasteiger partial charge >= 0.3 is 0 Å². The van der Waals surface area contributed by atoms with Crippen LogP contribution in [0.5, 0.6) is 0 Å². The highest BCUT2D eigenvalue weighted by Gasteiger charge is 2.22. The molecule has 2 rings (SSSR count). The maximum atomic E-state index is 4.98. The molecule has 14 heavy (non-hydrogen) atoms. The number of aryl methyl sites for hydroxylation is 1. The van der Waals surface area contributed by atoms with Crippen molar-refractivity contribution in [2.45, 2.75) is 19.6 Å². The third kappa shape index (κ3) is 1.65. The predicted molar refractivity (Wildman–Crippen MR) is 56.0 cm³/mol. The summed E-state index contributed by atoms with van der Waals surface area (Å²) in [6.07, 6.45) is 1.92. The van der Waals surface area contributed by atoms with Crippen LogP contribution in [-0.2, 0) is 6.54 Å². The van der Waals surface area contributed by atoms with Crippen molar-refractivity contribution in [3.63, 3.8) is 0 Å². The van der Waals surface area contributed by atoms with Crippen molar-refractivity contribution in [1.29, 1.82) is 0 Å². The minimum Gasteiger partial charge on any atom is -0.324 e. The molecule has 0 saturated heterocycles. The molecule has 0 saturated carbocycles. The molecule has 5 nitrogen and oxygen atoms in total. The van der Waals surface area contributed by atoms with Crippen LogP contribution in [0.4, 0.5) is 0 Å². The Hall–Kier alpha value is -1.30. The van der Waals surface area contributed by atoms with E-state index in [-0.39, 0.29) is 6.17 Å². The molecule has 74 valence electrons. The van der Waals surface area contributed by atoms with Crippen LogP contribution in [0.3, 0.4) is 0 Å². The highest BCUT2D eigenvalue weighted by Crippen LogP contribution is 2.12. The molecule has 1 unspecified atom stereocenters. The Morgan fingerprint density at radius 3 is 2.86 bits per heavy atom. The Labute approximate surface area is 87.4 Å². The van der Waals surface area contributed by atoms with Gasteiger partial charge in [0.05, 0.1) is 12.2 Å². The van der Waals surface area contributed by atoms with Gasteiger partial charge in [-0.15, -0.1) is 5.11 Å². The van der Waals surface area contributed by atoms with Crippen LogP contribution >= 0.6 is 12.2 Å². The fourth-order valence-electron chi connectivity index (χ4n) is 1.28. The van der Waals surface area contributed by atoms with Crippen LogP contribution in [0.2, 0.25) is 0 Å². The molecule has 0 radical (unpaired) electrons. The quantitative estimate of drug-likeness (QED) is 0.687. The third-order valence-corrected chi connectivity index (χ3v) is 2.52. The van der Waals surface area contributed by atoms with Gasteiger partial charge in [0.1, 0.15) is 0 Å². The lowest BCUT2D eigenvalue weighted by molar-refractivity contribution is 0.342. The van der Waals surface area contributed by atoms with Gasteiger partial charge < -0.3 is 4.90 Å². The lowest BCUT2D eigenvalue weighted by Crippen LogP contribution is -2.32. The summed E-state index contributed by atoms with van der Waals surface area (Å²) >= 11 is 4.98. The Bertz CT molecular complexity index is 383. The summed E-state index contributed by atoms with van der Waals surface area (Å²) in [4.78, 5) is 1.87. The first kappa shape index (κ1) is 9.26. The number of aromatic nitrogens is 2. The van der Waals surface area contributed by atoms with E-state index in [0.717, 1.165) is 5.69 Å². The summed E-state index contributed by atoms with van der Waals surface area (Å²) in [5.41, 5.74) is 1.00. The van der Waals surface area contributed by atoms with Gasteiger partial charge in [-0.3, -0.25) is 4.68 Å². The molecule has 2 heterocycles. The average molecular weight is 209 g/mol. The fraction of sp³-hybridized carbons (Fsp3) is 0.500. The molecule has 0 N–H and O–H groups in total. The molecule has 1 aliphatic heterocycles. The van der Waals surface area contributed by atoms with Gasteiger partial charge in [0.15, 0.2) is 6.17 Å². The van der Waals surface area contributed by atoms with Crippen molar-refractivity contribution in [2.75, 3.05) is 7.05 Å². The van der Waals surface area contributed by atoms with Gasteiger partial charge in [-0.1, -0.05) is 0 Å². The van der Waals surface area contributed by atoms with Crippen LogP contribution in [0, 0.1) is 6.92 Å². The second-order valence-electron chi connectivity index (χ2n) is 3.27. The van der Waals surface area contributed by atoms with Crippen LogP contribution < -0.4 is 0 Å². The molecular formula is C8H11N5S. The molecular weight excluding hydrogens is 198 g/mol. The standard InChI is InChI=1S/C8H11N5S/c1-6-3-4-13(11-6)5-7-9-10-8(14)12(7)2/h3-4,7H,5H2,1-2H3. The zero-order chi connectivity index (χ0) is 10.1. The highest BCUT2D eigenvalue weighted by atomic mass is 32.1. The maximum Gasteiger partial charge on any atom is 0.217 e. The molecule has 0 aromatic carbocycles. The van der Waals surface area contributed by atoms with Crippen LogP contribution in [0.25, 0.3) is 0 Å². The normalized spacial score (nSPS) is 20.9. The molecule has 6 heteroatoms. The minimum absolute atomic E-state index is 0.0122. The molecule has 0 aliphatic carbocycles. The lowest BCUT2D eigenvalue weighted by atomic mass is 10.4. The average Bonchev–Trinajstić information content (AvgIpc) is 2.67. The largest absolute Gasteiger partial charge is 0.324 e. The smallest absolute Gasteiger partial charge is 0.217 e. The van der Waals surface area contributed by atoms with E-state index in [9.17, 15) is 0 Å². The molecule has 0 bridgehead atoms. The van der Waals surface area contributed by atoms with E-state index in [2.05, 4.69) is 15.3 Å². The van der Waals surface area contributed by atoms with Gasteiger partial charge in [0.2, 0.25) is 5.11 Å². The highest BCUT2D eigenvalue weighted by molar-refractivity contribution is 7.80. The summed E-state index contributed by atoms with van der Waals surface area (Å²) < 4.78 is 1.85. The number of thiocarbonyl (C=S) groups is 1. The SMILES string of the molecule is Cc1ccn(CC2N=NC(=S)N2C)n1. The van der Waals surface area contributed by atoms with Gasteiger partial charge in [-0.2, -0.15) is 10.2 Å². The molecule has 1 aliphatic rings. The maximum absolute atomic E-state index is 4.98. The summed E-state index contributed by atoms with van der Waals surface area (Å²) in [5.74, 6) is 0. The van der Waals surface area contributed by atoms with Crippen molar-refractivity contribution in [3.05, 3.63) is 18.0 Å². The summed E-state index contributed by atoms with van der Waals surface area (Å²) in [5, 5.41) is 12.7. The van der Waals surface area contributed by atoms with Crippen LogP contribution in [0.1, 0.15) is 5.69 Å². The first-order chi connectivity index (χ1) is 6.66. The third-order valence-electron chi connectivity index (χ3n) is 2.15. The first-order valence-electron chi connectivity index (χ1n) is 4.34. The summed E-state index contributed by atoms with van der Waals surface area (Å²) in [7, 11) is 1.89. The number of azo groups is 1. The van der Waals surface area contributed by atoms with E-state index < -0.39 is 0 Å². The molecule has 1 aromatic heterocycles. The molecule has 0 fully saturated rings. The van der Waals surface area contributed by atoms with Crippen molar-refractivity contribution in [1.82, 2.24) is 14.7 Å². The molecule has 1 aromatic rings. The monoisotopic (exact) mass is 209 g/mol. The summed E-state index contributed by atoms with van der Waals surface area (Å²) in [6.45, 7) is 2.65. The molecule has 0 amide bonds. The molecule has 0 spiro atoms. The second kappa shape index (κ2) is 3.45. The topological polar surface area (TPSA) is 45.8 Å². The Morgan fingerprint density at radius 1 is 1.57 bits per heavy atom. The Balaban J connectivity index is 2.06. The lowest BCUT2D eigenvalue weighted by Gasteiger charge is -2.16. The van der Waals surface area contributed by atoms with E-state index in [0.29, 0.717) is 11.7 Å². The number of hydrogen-bond donors (Lipinski definition) is 0. The van der Waals surface area contributed by atoms with E-state index >= 15 is 0 Å². The Morgan fingerprint density at radius 2 is 2.36 bits per heavy atom. The number of likely N-dealkylation sites (N-methyl/N-ethyl adjacent to an activating group) is 1. The van der Waals surface area contributed by atoms with E-state index in [1.54, 1.807) is 0 Å². The summed E-state index contributed by atoms with van der Waals surface area (Å²) in [6, 6.07) is 1.96. The molecule has 1 atom stereocenters. The zero-order valence-corrected chi connectivity index (χ0v) is 8.90. The number of hydrogen-bond acceptors (Lipinski definition) is 3. The van der Waals surface area contributed by atoms with Crippen molar-refractivity contribution in [3.8, 4) is 0 Å². The van der Waals surface area contributed by atoms with Crippen molar-refractivity contribution < 1.29 is 0 Å². The predicted octanol–water partition coefficient (Wildman–Crippen LogP) is 1.20. The van der Waals surface area contributed by atoms with Gasteiger partial charge in [0, 0.05) is 13.2 Å². The minimum atomic E-state index is -0.0122. The van der Waals surface area contributed by atoms with Crippen LogP contribution in [0.15, 0.2) is 22.5 Å². The zero-order valence-electron chi connectivity index (χ0n) is 8.08. The van der Waals surface area contributed by atoms with Crippen molar-refractivity contribution in [2.24, 2.45) is 10.2 Å². The number of rotatable bonds is 2. The Kier molecular flexibility index (Phi) is 2.28. The second-order valence-corrected chi connectivity index (χ2v) is 3.63. The van der Waals surface area contributed by atoms with Crippen LogP contribution in [-0.4, -0.2) is 33.0 Å². The van der Waals surface area contributed by atoms with Crippen molar-refractivity contribution >= 4 is 17.3 Å². The van der Waals surface area contributed by atoms with E-state index in [1.807, 2.05) is 35.8 Å². The number of nitrogens with zero attached hydrogens (tertiary/aromatic N) is 5. The van der Waals surface area contributed by atoms with Gasteiger partial charge in [-0.05, 0) is 25.2 Å². The van der Waals surface area contributed by atoms with Gasteiger partial charge in [-0.25, -0.2) is 0 Å². The van der Waals surface area contributed by atoms with E-state index in [4.69, 9.17) is 12.2 Å². The first-order valence-corrected chi connectivity index (χ1v) is 4.75. The van der Waals surface area contributed by atoms with E-state index in [1.165, 1.54) is 0 Å². The fourth-order valence-corrected chi connectivity index (χ4v) is 1.45. The van der Waals surface area contributed by atoms with Gasteiger partial charge in [0.25, 0.3) is 0 Å².